The van der Waals surface area contributed by atoms with Crippen molar-refractivity contribution in [1.29, 1.82) is 0 Å². The number of aromatic nitrogens is 1. The summed E-state index contributed by atoms with van der Waals surface area (Å²) in [5.41, 5.74) is 1.41. The molecule has 0 saturated heterocycles. The first kappa shape index (κ1) is 17.1. The number of rotatable bonds is 5. The van der Waals surface area contributed by atoms with E-state index in [9.17, 15) is 4.79 Å². The van der Waals surface area contributed by atoms with Crippen molar-refractivity contribution < 1.29 is 4.79 Å². The van der Waals surface area contributed by atoms with Gasteiger partial charge in [0.15, 0.2) is 4.34 Å². The summed E-state index contributed by atoms with van der Waals surface area (Å²) >= 11 is 3.25. The molecule has 1 heterocycles. The number of hydrogen-bond acceptors (Lipinski definition) is 4. The molecule has 4 saturated carbocycles. The summed E-state index contributed by atoms with van der Waals surface area (Å²) in [4.78, 5) is 17.2. The Hall–Kier alpha value is -1.07. The number of benzene rings is 1. The molecule has 5 heteroatoms. The van der Waals surface area contributed by atoms with E-state index in [2.05, 4.69) is 23.3 Å². The first-order valence-corrected chi connectivity index (χ1v) is 11.7. The van der Waals surface area contributed by atoms with Crippen LogP contribution in [0.1, 0.15) is 45.4 Å². The zero-order valence-corrected chi connectivity index (χ0v) is 16.9. The molecular formula is C21H26N2OS2. The number of para-hydroxylation sites is 1. The second-order valence-corrected chi connectivity index (χ2v) is 11.1. The number of amides is 1. The van der Waals surface area contributed by atoms with E-state index in [0.29, 0.717) is 17.2 Å². The zero-order valence-electron chi connectivity index (χ0n) is 15.2. The van der Waals surface area contributed by atoms with Crippen molar-refractivity contribution in [2.45, 2.75) is 55.8 Å². The van der Waals surface area contributed by atoms with Gasteiger partial charge in [0.25, 0.3) is 0 Å². The number of carbonyl (C=O) groups is 1. The van der Waals surface area contributed by atoms with Gasteiger partial charge in [-0.2, -0.15) is 0 Å². The molecule has 4 aliphatic carbocycles. The maximum Gasteiger partial charge on any atom is 0.230 e. The molecule has 1 amide bonds. The zero-order chi connectivity index (χ0) is 17.7. The van der Waals surface area contributed by atoms with E-state index in [1.807, 2.05) is 18.2 Å². The Morgan fingerprint density at radius 2 is 1.88 bits per heavy atom. The van der Waals surface area contributed by atoms with Crippen molar-refractivity contribution in [3.63, 3.8) is 0 Å². The molecule has 6 rings (SSSR count). The Bertz CT molecular complexity index is 762. The minimum atomic E-state index is 0.164. The average Bonchev–Trinajstić information content (AvgIpc) is 3.02. The number of hydrogen-bond donors (Lipinski definition) is 1. The fraction of sp³-hybridized carbons (Fsp3) is 0.619. The highest BCUT2D eigenvalue weighted by molar-refractivity contribution is 8.01. The Morgan fingerprint density at radius 3 is 2.54 bits per heavy atom. The largest absolute Gasteiger partial charge is 0.352 e. The highest BCUT2D eigenvalue weighted by Gasteiger charge is 2.53. The predicted molar refractivity (Wildman–Crippen MR) is 109 cm³/mol. The Balaban J connectivity index is 1.20. The summed E-state index contributed by atoms with van der Waals surface area (Å²) in [6.07, 6.45) is 8.37. The van der Waals surface area contributed by atoms with Gasteiger partial charge in [-0.25, -0.2) is 4.98 Å². The molecule has 3 nitrogen and oxygen atoms in total. The van der Waals surface area contributed by atoms with E-state index in [1.165, 1.54) is 43.2 Å². The molecule has 1 N–H and O–H groups in total. The third-order valence-corrected chi connectivity index (χ3v) is 9.16. The molecule has 1 atom stereocenters. The SMILES string of the molecule is C[C@H](NC(=O)CSc1nc2ccccc2s1)C12CC3CC(CC(C3)C1)C2. The van der Waals surface area contributed by atoms with Crippen LogP contribution in [0.5, 0.6) is 0 Å². The molecule has 0 aliphatic heterocycles. The quantitative estimate of drug-likeness (QED) is 0.726. The van der Waals surface area contributed by atoms with Gasteiger partial charge < -0.3 is 5.32 Å². The molecule has 1 aromatic carbocycles. The normalized spacial score (nSPS) is 33.5. The molecule has 26 heavy (non-hydrogen) atoms. The second-order valence-electron chi connectivity index (χ2n) is 8.81. The van der Waals surface area contributed by atoms with Crippen LogP contribution in [0.4, 0.5) is 0 Å². The fourth-order valence-electron chi connectivity index (χ4n) is 6.18. The molecule has 138 valence electrons. The van der Waals surface area contributed by atoms with E-state index in [0.717, 1.165) is 27.6 Å². The number of nitrogens with zero attached hydrogens (tertiary/aromatic N) is 1. The smallest absolute Gasteiger partial charge is 0.230 e. The molecule has 4 bridgehead atoms. The molecule has 4 aliphatic rings. The van der Waals surface area contributed by atoms with Gasteiger partial charge in [-0.05, 0) is 80.8 Å². The maximum atomic E-state index is 12.6. The molecule has 4 fully saturated rings. The van der Waals surface area contributed by atoms with E-state index in [-0.39, 0.29) is 5.91 Å². The van der Waals surface area contributed by atoms with Crippen LogP contribution in [0.3, 0.4) is 0 Å². The summed E-state index contributed by atoms with van der Waals surface area (Å²) < 4.78 is 2.18. The number of nitrogens with one attached hydrogen (secondary N) is 1. The van der Waals surface area contributed by atoms with Gasteiger partial charge >= 0.3 is 0 Å². The van der Waals surface area contributed by atoms with Crippen LogP contribution >= 0.6 is 23.1 Å². The highest BCUT2D eigenvalue weighted by Crippen LogP contribution is 2.61. The van der Waals surface area contributed by atoms with Crippen LogP contribution in [0.25, 0.3) is 10.2 Å². The van der Waals surface area contributed by atoms with Crippen LogP contribution in [0, 0.1) is 23.2 Å². The van der Waals surface area contributed by atoms with E-state index in [1.54, 1.807) is 23.1 Å². The first-order valence-electron chi connectivity index (χ1n) is 9.87. The number of thioether (sulfide) groups is 1. The molecule has 2 aromatic rings. The van der Waals surface area contributed by atoms with E-state index >= 15 is 0 Å². The minimum absolute atomic E-state index is 0.164. The molecule has 0 unspecified atom stereocenters. The van der Waals surface area contributed by atoms with Crippen LogP contribution in [-0.4, -0.2) is 22.7 Å². The molecule has 0 spiro atoms. The van der Waals surface area contributed by atoms with Crippen LogP contribution in [-0.2, 0) is 4.79 Å². The van der Waals surface area contributed by atoms with Crippen molar-refractivity contribution in [1.82, 2.24) is 10.3 Å². The summed E-state index contributed by atoms with van der Waals surface area (Å²) in [6, 6.07) is 8.47. The Morgan fingerprint density at radius 1 is 1.23 bits per heavy atom. The monoisotopic (exact) mass is 386 g/mol. The molecular weight excluding hydrogens is 360 g/mol. The summed E-state index contributed by atoms with van der Waals surface area (Å²) in [6.45, 7) is 2.26. The van der Waals surface area contributed by atoms with Crippen LogP contribution < -0.4 is 5.32 Å². The van der Waals surface area contributed by atoms with Gasteiger partial charge in [-0.1, -0.05) is 23.9 Å². The maximum absolute atomic E-state index is 12.6. The van der Waals surface area contributed by atoms with E-state index in [4.69, 9.17) is 0 Å². The van der Waals surface area contributed by atoms with Crippen LogP contribution in [0.2, 0.25) is 0 Å². The van der Waals surface area contributed by atoms with Crippen molar-refractivity contribution >= 4 is 39.2 Å². The topological polar surface area (TPSA) is 42.0 Å². The first-order chi connectivity index (χ1) is 12.6. The lowest BCUT2D eigenvalue weighted by molar-refractivity contribution is -0.123. The summed E-state index contributed by atoms with van der Waals surface area (Å²) in [5.74, 6) is 3.42. The average molecular weight is 387 g/mol. The third-order valence-electron chi connectivity index (χ3n) is 6.98. The standard InChI is InChI=1S/C21H26N2OS2/c1-13(21-9-14-6-15(10-21)8-16(7-14)11-21)22-19(24)12-25-20-23-17-4-2-3-5-18(17)26-20/h2-5,13-16H,6-12H2,1H3,(H,22,24)/t13-,14?,15?,16?,21?/m0/s1. The van der Waals surface area contributed by atoms with E-state index < -0.39 is 0 Å². The summed E-state index contributed by atoms with van der Waals surface area (Å²) in [5, 5.41) is 3.36. The van der Waals surface area contributed by atoms with Crippen molar-refractivity contribution in [2.24, 2.45) is 23.2 Å². The lowest BCUT2D eigenvalue weighted by Gasteiger charge is -2.59. The predicted octanol–water partition coefficient (Wildman–Crippen LogP) is 5.11. The van der Waals surface area contributed by atoms with Gasteiger partial charge in [0, 0.05) is 6.04 Å². The van der Waals surface area contributed by atoms with Crippen molar-refractivity contribution in [2.75, 3.05) is 5.75 Å². The van der Waals surface area contributed by atoms with Crippen LogP contribution in [0.15, 0.2) is 28.6 Å². The lowest BCUT2D eigenvalue weighted by Crippen LogP contribution is -2.56. The van der Waals surface area contributed by atoms with Gasteiger partial charge in [-0.15, -0.1) is 11.3 Å². The third kappa shape index (κ3) is 3.07. The highest BCUT2D eigenvalue weighted by atomic mass is 32.2. The molecule has 1 aromatic heterocycles. The fourth-order valence-corrected chi connectivity index (χ4v) is 8.06. The lowest BCUT2D eigenvalue weighted by atomic mass is 9.48. The van der Waals surface area contributed by atoms with Gasteiger partial charge in [0.2, 0.25) is 5.91 Å². The Kier molecular flexibility index (Phi) is 4.28. The van der Waals surface area contributed by atoms with Gasteiger partial charge in [-0.3, -0.25) is 4.79 Å². The van der Waals surface area contributed by atoms with Crippen molar-refractivity contribution in [3.8, 4) is 0 Å². The second kappa shape index (κ2) is 6.52. The minimum Gasteiger partial charge on any atom is -0.352 e. The number of thiazole rings is 1. The van der Waals surface area contributed by atoms with Crippen molar-refractivity contribution in [3.05, 3.63) is 24.3 Å². The van der Waals surface area contributed by atoms with Gasteiger partial charge in [0.1, 0.15) is 0 Å². The summed E-state index contributed by atoms with van der Waals surface area (Å²) in [7, 11) is 0. The van der Waals surface area contributed by atoms with Gasteiger partial charge in [0.05, 0.1) is 16.0 Å². The number of fused-ring (bicyclic) bond motifs is 1. The Labute approximate surface area is 163 Å². The number of carbonyl (C=O) groups excluding carboxylic acids is 1. The molecule has 0 radical (unpaired) electrons.